The number of H-pyrrole nitrogens is 1. The summed E-state index contributed by atoms with van der Waals surface area (Å²) in [6.07, 6.45) is 12.1. The van der Waals surface area contributed by atoms with Crippen LogP contribution in [0.25, 0.3) is 39.1 Å². The van der Waals surface area contributed by atoms with Gasteiger partial charge in [-0.15, -0.1) is 0 Å². The first-order valence-corrected chi connectivity index (χ1v) is 7.64. The lowest BCUT2D eigenvalue weighted by molar-refractivity contribution is 0.630. The van der Waals surface area contributed by atoms with E-state index in [-0.39, 0.29) is 5.82 Å². The minimum absolute atomic E-state index is 0.298. The summed E-state index contributed by atoms with van der Waals surface area (Å²) in [7, 11) is 1.85. The molecule has 0 unspecified atom stereocenters. The highest BCUT2D eigenvalue weighted by Gasteiger charge is 2.16. The number of nitrogens with zero attached hydrogens (tertiary/aromatic N) is 6. The zero-order chi connectivity index (χ0) is 17.0. The highest BCUT2D eigenvalue weighted by Crippen LogP contribution is 2.34. The third-order valence-electron chi connectivity index (χ3n) is 4.20. The number of fused-ring (bicyclic) bond motifs is 2. The maximum atomic E-state index is 14.4. The Labute approximate surface area is 140 Å². The molecule has 0 radical (unpaired) electrons. The van der Waals surface area contributed by atoms with E-state index >= 15 is 0 Å². The predicted molar refractivity (Wildman–Crippen MR) is 90.2 cm³/mol. The van der Waals surface area contributed by atoms with Crippen LogP contribution < -0.4 is 0 Å². The van der Waals surface area contributed by atoms with Gasteiger partial charge in [0.05, 0.1) is 17.3 Å². The number of pyridine rings is 1. The first-order valence-electron chi connectivity index (χ1n) is 7.64. The van der Waals surface area contributed by atoms with E-state index in [9.17, 15) is 4.39 Å². The average Bonchev–Trinajstić information content (AvgIpc) is 3.32. The molecule has 1 N–H and O–H groups in total. The van der Waals surface area contributed by atoms with Crippen molar-refractivity contribution in [1.82, 2.24) is 34.1 Å². The van der Waals surface area contributed by atoms with E-state index < -0.39 is 0 Å². The quantitative estimate of drug-likeness (QED) is 0.539. The maximum Gasteiger partial charge on any atom is 0.173 e. The molecule has 7 nitrogen and oxygen atoms in total. The molecule has 0 fully saturated rings. The molecular formula is C17H12FN7. The molecule has 0 aliphatic carbocycles. The Balaban J connectivity index is 1.81. The van der Waals surface area contributed by atoms with Gasteiger partial charge in [-0.2, -0.15) is 5.10 Å². The Kier molecular flexibility index (Phi) is 2.75. The molecule has 0 atom stereocenters. The summed E-state index contributed by atoms with van der Waals surface area (Å²) in [6.45, 7) is 0. The summed E-state index contributed by atoms with van der Waals surface area (Å²) in [5, 5.41) is 5.04. The van der Waals surface area contributed by atoms with E-state index in [1.807, 2.05) is 25.6 Å². The molecule has 0 spiro atoms. The smallest absolute Gasteiger partial charge is 0.173 e. The van der Waals surface area contributed by atoms with E-state index in [2.05, 4.69) is 25.0 Å². The van der Waals surface area contributed by atoms with Crippen molar-refractivity contribution in [3.8, 4) is 22.4 Å². The van der Waals surface area contributed by atoms with Gasteiger partial charge in [0, 0.05) is 54.7 Å². The van der Waals surface area contributed by atoms with Crippen molar-refractivity contribution in [3.63, 3.8) is 0 Å². The second-order valence-corrected chi connectivity index (χ2v) is 5.79. The van der Waals surface area contributed by atoms with Gasteiger partial charge < -0.3 is 9.38 Å². The Morgan fingerprint density at radius 1 is 1.12 bits per heavy atom. The minimum atomic E-state index is -0.378. The lowest BCUT2D eigenvalue weighted by Crippen LogP contribution is -1.92. The fourth-order valence-electron chi connectivity index (χ4n) is 3.09. The minimum Gasteiger partial charge on any atom is -0.345 e. The van der Waals surface area contributed by atoms with Crippen molar-refractivity contribution >= 4 is 16.7 Å². The topological polar surface area (TPSA) is 76.7 Å². The first-order chi connectivity index (χ1) is 12.2. The number of nitrogens with one attached hydrogen (secondary N) is 1. The van der Waals surface area contributed by atoms with Crippen LogP contribution in [0.1, 0.15) is 0 Å². The van der Waals surface area contributed by atoms with E-state index in [0.717, 1.165) is 22.2 Å². The van der Waals surface area contributed by atoms with Crippen molar-refractivity contribution in [2.75, 3.05) is 0 Å². The molecule has 5 heterocycles. The molecule has 0 aliphatic heterocycles. The molecule has 25 heavy (non-hydrogen) atoms. The van der Waals surface area contributed by atoms with Crippen molar-refractivity contribution < 1.29 is 4.39 Å². The average molecular weight is 333 g/mol. The van der Waals surface area contributed by atoms with Gasteiger partial charge in [0.25, 0.3) is 0 Å². The van der Waals surface area contributed by atoms with Crippen LogP contribution in [0.15, 0.2) is 49.6 Å². The number of hydrogen-bond acceptors (Lipinski definition) is 4. The van der Waals surface area contributed by atoms with E-state index in [0.29, 0.717) is 16.9 Å². The molecule has 5 rings (SSSR count). The third kappa shape index (κ3) is 2.04. The van der Waals surface area contributed by atoms with E-state index in [1.54, 1.807) is 27.7 Å². The monoisotopic (exact) mass is 333 g/mol. The zero-order valence-corrected chi connectivity index (χ0v) is 13.2. The molecule has 0 aliphatic rings. The van der Waals surface area contributed by atoms with Crippen LogP contribution in [0, 0.1) is 5.82 Å². The molecule has 0 aromatic carbocycles. The number of rotatable bonds is 2. The third-order valence-corrected chi connectivity index (χ3v) is 4.20. The van der Waals surface area contributed by atoms with Gasteiger partial charge in [-0.1, -0.05) is 0 Å². The highest BCUT2D eigenvalue weighted by molar-refractivity contribution is 6.02. The van der Waals surface area contributed by atoms with Crippen LogP contribution in [0.2, 0.25) is 0 Å². The van der Waals surface area contributed by atoms with Crippen LogP contribution in [0.5, 0.6) is 0 Å². The van der Waals surface area contributed by atoms with Gasteiger partial charge in [-0.3, -0.25) is 4.68 Å². The standard InChI is InChI=1S/C17H12FN7/c1-24-7-11(5-23-24)15-14-12(6-20-16(14)22-9-21-15)10-4-13(18)17-19-2-3-25(17)8-10/h2-9H,1H3,(H,20,21,22). The number of aromatic nitrogens is 7. The molecule has 8 heteroatoms. The van der Waals surface area contributed by atoms with Crippen LogP contribution in [0.3, 0.4) is 0 Å². The summed E-state index contributed by atoms with van der Waals surface area (Å²) < 4.78 is 17.7. The van der Waals surface area contributed by atoms with Crippen LogP contribution >= 0.6 is 0 Å². The van der Waals surface area contributed by atoms with Crippen LogP contribution in [-0.4, -0.2) is 34.1 Å². The van der Waals surface area contributed by atoms with Crippen molar-refractivity contribution in [2.45, 2.75) is 0 Å². The van der Waals surface area contributed by atoms with Gasteiger partial charge in [-0.05, 0) is 6.07 Å². The largest absolute Gasteiger partial charge is 0.345 e. The normalized spacial score (nSPS) is 11.6. The molecule has 0 saturated carbocycles. The molecule has 5 aromatic rings. The molecule has 5 aromatic heterocycles. The number of halogens is 1. The zero-order valence-electron chi connectivity index (χ0n) is 13.2. The van der Waals surface area contributed by atoms with Gasteiger partial charge in [-0.25, -0.2) is 19.3 Å². The fraction of sp³-hybridized carbons (Fsp3) is 0.0588. The van der Waals surface area contributed by atoms with Crippen molar-refractivity contribution in [1.29, 1.82) is 0 Å². The fourth-order valence-corrected chi connectivity index (χ4v) is 3.09. The summed E-state index contributed by atoms with van der Waals surface area (Å²) in [6, 6.07) is 1.48. The Bertz CT molecular complexity index is 1230. The molecular weight excluding hydrogens is 321 g/mol. The Hall–Kier alpha value is -3.55. The summed E-state index contributed by atoms with van der Waals surface area (Å²) in [4.78, 5) is 15.9. The number of aryl methyl sites for hydroxylation is 1. The van der Waals surface area contributed by atoms with Gasteiger partial charge >= 0.3 is 0 Å². The summed E-state index contributed by atoms with van der Waals surface area (Å²) in [5.41, 5.74) is 4.15. The molecule has 0 bridgehead atoms. The predicted octanol–water partition coefficient (Wildman–Crippen LogP) is 2.81. The molecule has 0 amide bonds. The summed E-state index contributed by atoms with van der Waals surface area (Å²) >= 11 is 0. The number of aromatic amines is 1. The lowest BCUT2D eigenvalue weighted by Gasteiger charge is -2.05. The van der Waals surface area contributed by atoms with Crippen LogP contribution in [-0.2, 0) is 7.05 Å². The molecule has 0 saturated heterocycles. The van der Waals surface area contributed by atoms with Gasteiger partial charge in [0.2, 0.25) is 0 Å². The van der Waals surface area contributed by atoms with Crippen molar-refractivity contribution in [2.24, 2.45) is 7.05 Å². The lowest BCUT2D eigenvalue weighted by atomic mass is 10.0. The number of hydrogen-bond donors (Lipinski definition) is 1. The Morgan fingerprint density at radius 3 is 2.88 bits per heavy atom. The Morgan fingerprint density at radius 2 is 2.04 bits per heavy atom. The first kappa shape index (κ1) is 13.8. The SMILES string of the molecule is Cn1cc(-c2ncnc3[nH]cc(-c4cc(F)c5nccn5c4)c23)cn1. The van der Waals surface area contributed by atoms with Crippen LogP contribution in [0.4, 0.5) is 4.39 Å². The summed E-state index contributed by atoms with van der Waals surface area (Å²) in [5.74, 6) is -0.378. The highest BCUT2D eigenvalue weighted by atomic mass is 19.1. The van der Waals surface area contributed by atoms with E-state index in [1.165, 1.54) is 12.4 Å². The maximum absolute atomic E-state index is 14.4. The van der Waals surface area contributed by atoms with Crippen molar-refractivity contribution in [3.05, 3.63) is 55.4 Å². The second-order valence-electron chi connectivity index (χ2n) is 5.79. The van der Waals surface area contributed by atoms with E-state index in [4.69, 9.17) is 0 Å². The van der Waals surface area contributed by atoms with Gasteiger partial charge in [0.1, 0.15) is 12.0 Å². The second kappa shape index (κ2) is 4.97. The number of imidazole rings is 1. The van der Waals surface area contributed by atoms with Gasteiger partial charge in [0.15, 0.2) is 11.5 Å². The molecule has 122 valence electrons.